The van der Waals surface area contributed by atoms with E-state index in [1.54, 1.807) is 18.2 Å². The minimum atomic E-state index is -1.20. The Kier molecular flexibility index (Phi) is 10.6. The van der Waals surface area contributed by atoms with Crippen molar-refractivity contribution >= 4 is 17.4 Å². The maximum absolute atomic E-state index is 15.1. The Hall–Kier alpha value is -4.47. The van der Waals surface area contributed by atoms with Gasteiger partial charge in [-0.15, -0.1) is 13.2 Å². The molecule has 2 aromatic heterocycles. The van der Waals surface area contributed by atoms with Crippen molar-refractivity contribution in [3.05, 3.63) is 97.0 Å². The molecule has 0 aliphatic carbocycles. The Morgan fingerprint density at radius 2 is 1.80 bits per heavy atom. The maximum Gasteiger partial charge on any atom is 0.337 e. The molecule has 0 bridgehead atoms. The molecule has 49 heavy (non-hydrogen) atoms. The number of fused-ring (bicyclic) bond motifs is 1. The van der Waals surface area contributed by atoms with Gasteiger partial charge < -0.3 is 24.2 Å². The van der Waals surface area contributed by atoms with Gasteiger partial charge in [-0.05, 0) is 83.7 Å². The number of piperidine rings is 1. The Labute approximate surface area is 288 Å². The number of imidazole rings is 1. The summed E-state index contributed by atoms with van der Waals surface area (Å²) >= 11 is 0. The van der Waals surface area contributed by atoms with Gasteiger partial charge in [0.1, 0.15) is 11.5 Å². The molecule has 0 amide bonds. The molecule has 1 fully saturated rings. The van der Waals surface area contributed by atoms with E-state index in [4.69, 9.17) is 19.2 Å². The van der Waals surface area contributed by atoms with Gasteiger partial charge >= 0.3 is 5.97 Å². The molecule has 2 atom stereocenters. The van der Waals surface area contributed by atoms with Crippen molar-refractivity contribution < 1.29 is 28.5 Å². The van der Waals surface area contributed by atoms with Crippen LogP contribution in [0.1, 0.15) is 71.1 Å². The van der Waals surface area contributed by atoms with Crippen LogP contribution in [0.5, 0.6) is 5.75 Å². The van der Waals surface area contributed by atoms with E-state index in [-0.39, 0.29) is 17.5 Å². The lowest BCUT2D eigenvalue weighted by atomic mass is 9.92. The second-order valence-corrected chi connectivity index (χ2v) is 14.1. The molecule has 1 N–H and O–H groups in total. The summed E-state index contributed by atoms with van der Waals surface area (Å²) in [6, 6.07) is 14.6. The number of aryl methyl sites for hydroxylation is 1. The van der Waals surface area contributed by atoms with Crippen LogP contribution < -0.4 is 9.64 Å². The van der Waals surface area contributed by atoms with Crippen LogP contribution in [-0.4, -0.2) is 57.5 Å². The summed E-state index contributed by atoms with van der Waals surface area (Å²) < 4.78 is 35.5. The van der Waals surface area contributed by atoms with E-state index in [0.717, 1.165) is 35.3 Å². The SMILES string of the molecule is C=CCOC1(C)CCN(c2c(C(OC(C)(C)C)C(=O)O)c(C)cc3nc(-c4cccc(-c5cccc(F)c5OC(C)CC=C)c4)cn23)CC1. The second-order valence-electron chi connectivity index (χ2n) is 14.1. The lowest BCUT2D eigenvalue weighted by Gasteiger charge is -2.41. The number of nitrogens with zero attached hydrogens (tertiary/aromatic N) is 3. The lowest BCUT2D eigenvalue weighted by molar-refractivity contribution is -0.160. The number of aliphatic carboxylic acids is 1. The fourth-order valence-corrected chi connectivity index (χ4v) is 6.40. The van der Waals surface area contributed by atoms with Crippen molar-refractivity contribution in [2.45, 2.75) is 84.2 Å². The first-order valence-electron chi connectivity index (χ1n) is 16.8. The average Bonchev–Trinajstić information content (AvgIpc) is 3.47. The highest BCUT2D eigenvalue weighted by Crippen LogP contribution is 2.40. The first kappa shape index (κ1) is 35.8. The van der Waals surface area contributed by atoms with Gasteiger partial charge in [0.2, 0.25) is 0 Å². The van der Waals surface area contributed by atoms with Crippen LogP contribution in [-0.2, 0) is 14.3 Å². The van der Waals surface area contributed by atoms with Crippen molar-refractivity contribution in [1.82, 2.24) is 9.38 Å². The Morgan fingerprint density at radius 3 is 2.45 bits per heavy atom. The van der Waals surface area contributed by atoms with Gasteiger partial charge in [0.05, 0.1) is 29.6 Å². The molecule has 0 spiro atoms. The second kappa shape index (κ2) is 14.6. The Morgan fingerprint density at radius 1 is 1.10 bits per heavy atom. The normalized spacial score (nSPS) is 15.9. The molecule has 9 heteroatoms. The molecule has 4 aromatic rings. The van der Waals surface area contributed by atoms with Crippen LogP contribution in [0.2, 0.25) is 0 Å². The van der Waals surface area contributed by atoms with Gasteiger partial charge in [-0.1, -0.05) is 42.5 Å². The van der Waals surface area contributed by atoms with Crippen molar-refractivity contribution in [1.29, 1.82) is 0 Å². The smallest absolute Gasteiger partial charge is 0.337 e. The Bertz CT molecular complexity index is 1830. The van der Waals surface area contributed by atoms with Crippen LogP contribution in [0.3, 0.4) is 0 Å². The minimum Gasteiger partial charge on any atom is -0.487 e. The molecule has 2 unspecified atom stereocenters. The first-order chi connectivity index (χ1) is 23.2. The van der Waals surface area contributed by atoms with Gasteiger partial charge in [-0.25, -0.2) is 14.2 Å². The van der Waals surface area contributed by atoms with Crippen LogP contribution in [0, 0.1) is 12.7 Å². The summed E-state index contributed by atoms with van der Waals surface area (Å²) in [5, 5.41) is 10.5. The number of halogens is 1. The number of pyridine rings is 1. The zero-order valence-corrected chi connectivity index (χ0v) is 29.5. The summed E-state index contributed by atoms with van der Waals surface area (Å²) in [6.07, 6.45) is 6.09. The number of rotatable bonds is 13. The molecule has 1 aliphatic heterocycles. The molecule has 260 valence electrons. The van der Waals surface area contributed by atoms with E-state index in [0.29, 0.717) is 48.6 Å². The third kappa shape index (κ3) is 8.06. The topological polar surface area (TPSA) is 85.5 Å². The van der Waals surface area contributed by atoms with E-state index >= 15 is 4.39 Å². The number of para-hydroxylation sites is 1. The van der Waals surface area contributed by atoms with Crippen molar-refractivity contribution in [3.8, 4) is 28.1 Å². The molecule has 0 radical (unpaired) electrons. The average molecular weight is 670 g/mol. The van der Waals surface area contributed by atoms with Crippen molar-refractivity contribution in [3.63, 3.8) is 0 Å². The Balaban J connectivity index is 1.63. The number of carbonyl (C=O) groups is 1. The molecular weight excluding hydrogens is 621 g/mol. The summed E-state index contributed by atoms with van der Waals surface area (Å²) in [5.41, 5.74) is 3.97. The third-order valence-corrected chi connectivity index (χ3v) is 8.85. The molecule has 3 heterocycles. The number of aromatic nitrogens is 2. The van der Waals surface area contributed by atoms with E-state index in [2.05, 4.69) is 25.0 Å². The number of hydrogen-bond donors (Lipinski definition) is 1. The number of anilines is 1. The van der Waals surface area contributed by atoms with Gasteiger partial charge in [0.15, 0.2) is 17.7 Å². The maximum atomic E-state index is 15.1. The van der Waals surface area contributed by atoms with Crippen molar-refractivity contribution in [2.75, 3.05) is 24.6 Å². The zero-order valence-electron chi connectivity index (χ0n) is 29.5. The van der Waals surface area contributed by atoms with Crippen LogP contribution in [0.15, 0.2) is 80.0 Å². The predicted molar refractivity (Wildman–Crippen MR) is 193 cm³/mol. The standard InChI is InChI=1S/C40H48FN3O5/c1-9-13-27(4)48-35-30(16-12-17-31(35)41)28-14-11-15-29(24-28)32-25-44-33(42-32)23-26(3)34(36(38(45)46)49-39(5,6)7)37(44)43-20-18-40(8,19-21-43)47-22-10-2/h9-12,14-17,23-25,27,36H,1-2,13,18-22H2,3-8H3,(H,45,46). The number of carboxylic acids is 1. The number of hydrogen-bond acceptors (Lipinski definition) is 6. The van der Waals surface area contributed by atoms with E-state index in [1.807, 2.05) is 81.6 Å². The summed E-state index contributed by atoms with van der Waals surface area (Å²) in [7, 11) is 0. The van der Waals surface area contributed by atoms with Gasteiger partial charge in [0, 0.05) is 42.4 Å². The molecule has 5 rings (SSSR count). The molecule has 1 aliphatic rings. The summed E-state index contributed by atoms with van der Waals surface area (Å²) in [5.74, 6) is -0.556. The molecule has 8 nitrogen and oxygen atoms in total. The highest BCUT2D eigenvalue weighted by Gasteiger charge is 2.37. The number of benzene rings is 2. The molecule has 0 saturated carbocycles. The largest absolute Gasteiger partial charge is 0.487 e. The summed E-state index contributed by atoms with van der Waals surface area (Å²) in [6.45, 7) is 20.8. The quantitative estimate of drug-likeness (QED) is 0.142. The predicted octanol–water partition coefficient (Wildman–Crippen LogP) is 8.96. The number of ether oxygens (including phenoxy) is 3. The van der Waals surface area contributed by atoms with E-state index in [1.165, 1.54) is 6.07 Å². The third-order valence-electron chi connectivity index (χ3n) is 8.85. The number of carboxylic acid groups (broad SMARTS) is 1. The highest BCUT2D eigenvalue weighted by atomic mass is 19.1. The van der Waals surface area contributed by atoms with Crippen LogP contribution in [0.25, 0.3) is 28.0 Å². The highest BCUT2D eigenvalue weighted by molar-refractivity contribution is 5.80. The monoisotopic (exact) mass is 669 g/mol. The van der Waals surface area contributed by atoms with Gasteiger partial charge in [0.25, 0.3) is 0 Å². The zero-order chi connectivity index (χ0) is 35.5. The lowest BCUT2D eigenvalue weighted by Crippen LogP contribution is -2.45. The molecule has 1 saturated heterocycles. The van der Waals surface area contributed by atoms with Crippen molar-refractivity contribution in [2.24, 2.45) is 0 Å². The van der Waals surface area contributed by atoms with E-state index in [9.17, 15) is 9.90 Å². The fraction of sp³-hybridized carbons (Fsp3) is 0.400. The molecule has 2 aromatic carbocycles. The van der Waals surface area contributed by atoms with E-state index < -0.39 is 23.5 Å². The fourth-order valence-electron chi connectivity index (χ4n) is 6.40. The van der Waals surface area contributed by atoms with Gasteiger partial charge in [-0.2, -0.15) is 0 Å². The molecular formula is C40H48FN3O5. The van der Waals surface area contributed by atoms with Crippen LogP contribution in [0.4, 0.5) is 10.2 Å². The minimum absolute atomic E-state index is 0.194. The summed E-state index contributed by atoms with van der Waals surface area (Å²) in [4.78, 5) is 20.1. The van der Waals surface area contributed by atoms with Crippen LogP contribution >= 0.6 is 0 Å². The first-order valence-corrected chi connectivity index (χ1v) is 16.8. The van der Waals surface area contributed by atoms with Gasteiger partial charge in [-0.3, -0.25) is 4.40 Å².